The van der Waals surface area contributed by atoms with Crippen LogP contribution in [0.15, 0.2) is 24.3 Å². The summed E-state index contributed by atoms with van der Waals surface area (Å²) in [5, 5.41) is 7.28. The maximum atomic E-state index is 14.5. The van der Waals surface area contributed by atoms with Gasteiger partial charge in [0.05, 0.1) is 13.7 Å². The smallest absolute Gasteiger partial charge is 0.272 e. The number of hydrogen-bond donors (Lipinski definition) is 1. The fourth-order valence-corrected chi connectivity index (χ4v) is 3.05. The third-order valence-electron chi connectivity index (χ3n) is 4.50. The van der Waals surface area contributed by atoms with Crippen LogP contribution in [-0.4, -0.2) is 54.4 Å². The summed E-state index contributed by atoms with van der Waals surface area (Å²) < 4.78 is 26.8. The molecule has 0 aliphatic carbocycles. The van der Waals surface area contributed by atoms with Crippen molar-refractivity contribution in [3.8, 4) is 11.6 Å². The van der Waals surface area contributed by atoms with E-state index >= 15 is 0 Å². The van der Waals surface area contributed by atoms with Crippen LogP contribution in [-0.2, 0) is 13.1 Å². The lowest BCUT2D eigenvalue weighted by Crippen LogP contribution is -2.31. The SMILES string of the molecule is CNCCCOc1ccc(CN2CCCn3nc(OC)cc3C2=O)c(F)c1. The van der Waals surface area contributed by atoms with Gasteiger partial charge < -0.3 is 19.7 Å². The molecule has 0 saturated carbocycles. The Kier molecular flexibility index (Phi) is 6.28. The van der Waals surface area contributed by atoms with E-state index in [4.69, 9.17) is 9.47 Å². The van der Waals surface area contributed by atoms with Gasteiger partial charge in [-0.05, 0) is 32.5 Å². The van der Waals surface area contributed by atoms with Gasteiger partial charge in [-0.3, -0.25) is 9.48 Å². The number of nitrogens with zero attached hydrogens (tertiary/aromatic N) is 3. The highest BCUT2D eigenvalue weighted by Crippen LogP contribution is 2.22. The molecule has 0 saturated heterocycles. The fourth-order valence-electron chi connectivity index (χ4n) is 3.05. The second kappa shape index (κ2) is 8.85. The molecule has 1 aromatic heterocycles. The number of amides is 1. The lowest BCUT2D eigenvalue weighted by molar-refractivity contribution is 0.0744. The van der Waals surface area contributed by atoms with Crippen molar-refractivity contribution in [3.63, 3.8) is 0 Å². The summed E-state index contributed by atoms with van der Waals surface area (Å²) in [5.41, 5.74) is 0.931. The summed E-state index contributed by atoms with van der Waals surface area (Å²) in [7, 11) is 3.39. The Morgan fingerprint density at radius 1 is 1.30 bits per heavy atom. The highest BCUT2D eigenvalue weighted by molar-refractivity contribution is 5.93. The molecule has 0 radical (unpaired) electrons. The Labute approximate surface area is 158 Å². The van der Waals surface area contributed by atoms with E-state index in [9.17, 15) is 9.18 Å². The van der Waals surface area contributed by atoms with Gasteiger partial charge in [-0.25, -0.2) is 4.39 Å². The van der Waals surface area contributed by atoms with Crippen molar-refractivity contribution in [2.45, 2.75) is 25.9 Å². The molecule has 0 bridgehead atoms. The summed E-state index contributed by atoms with van der Waals surface area (Å²) in [5.74, 6) is 0.364. The minimum Gasteiger partial charge on any atom is -0.493 e. The maximum absolute atomic E-state index is 14.5. The largest absolute Gasteiger partial charge is 0.493 e. The van der Waals surface area contributed by atoms with Crippen LogP contribution in [0.25, 0.3) is 0 Å². The van der Waals surface area contributed by atoms with Gasteiger partial charge in [0.1, 0.15) is 17.3 Å². The molecule has 1 amide bonds. The Morgan fingerprint density at radius 3 is 2.89 bits per heavy atom. The Morgan fingerprint density at radius 2 is 2.15 bits per heavy atom. The van der Waals surface area contributed by atoms with Crippen LogP contribution in [0.1, 0.15) is 28.9 Å². The van der Waals surface area contributed by atoms with Crippen LogP contribution in [0.4, 0.5) is 4.39 Å². The minimum atomic E-state index is -0.371. The number of rotatable bonds is 8. The van der Waals surface area contributed by atoms with Crippen molar-refractivity contribution in [3.05, 3.63) is 41.3 Å². The number of carbonyl (C=O) groups excluding carboxylic acids is 1. The first kappa shape index (κ1) is 19.2. The number of aromatic nitrogens is 2. The quantitative estimate of drug-likeness (QED) is 0.715. The number of fused-ring (bicyclic) bond motifs is 1. The van der Waals surface area contributed by atoms with Crippen LogP contribution in [0.2, 0.25) is 0 Å². The number of benzene rings is 1. The van der Waals surface area contributed by atoms with E-state index in [1.54, 1.807) is 27.8 Å². The first-order chi connectivity index (χ1) is 13.1. The molecule has 0 fully saturated rings. The molecule has 2 heterocycles. The van der Waals surface area contributed by atoms with E-state index in [1.807, 2.05) is 7.05 Å². The second-order valence-corrected chi connectivity index (χ2v) is 6.43. The van der Waals surface area contributed by atoms with Crippen LogP contribution in [0.5, 0.6) is 11.6 Å². The highest BCUT2D eigenvalue weighted by Gasteiger charge is 2.25. The molecule has 2 aromatic rings. The standard InChI is InChI=1S/C19H25FN4O3/c1-21-7-3-10-27-15-6-5-14(16(20)11-15)13-23-8-4-9-24-17(19(23)25)12-18(22-24)26-2/h5-6,11-12,21H,3-4,7-10,13H2,1-2H3. The average molecular weight is 376 g/mol. The normalized spacial score (nSPS) is 14.0. The van der Waals surface area contributed by atoms with Gasteiger partial charge in [-0.2, -0.15) is 0 Å². The molecule has 1 aliphatic heterocycles. The van der Waals surface area contributed by atoms with Crippen molar-refractivity contribution in [2.24, 2.45) is 0 Å². The average Bonchev–Trinajstić information content (AvgIpc) is 3.03. The summed E-state index contributed by atoms with van der Waals surface area (Å²) >= 11 is 0. The van der Waals surface area contributed by atoms with E-state index in [0.717, 1.165) is 19.4 Å². The number of hydrogen-bond acceptors (Lipinski definition) is 5. The summed E-state index contributed by atoms with van der Waals surface area (Å²) in [6.07, 6.45) is 1.59. The zero-order chi connectivity index (χ0) is 19.2. The lowest BCUT2D eigenvalue weighted by atomic mass is 10.1. The van der Waals surface area contributed by atoms with E-state index in [2.05, 4.69) is 10.4 Å². The zero-order valence-electron chi connectivity index (χ0n) is 15.7. The van der Waals surface area contributed by atoms with Crippen LogP contribution >= 0.6 is 0 Å². The number of halogens is 1. The summed E-state index contributed by atoms with van der Waals surface area (Å²) in [6.45, 7) is 2.75. The molecule has 3 rings (SSSR count). The van der Waals surface area contributed by atoms with Gasteiger partial charge in [0.2, 0.25) is 5.88 Å². The molecule has 1 N–H and O–H groups in total. The predicted molar refractivity (Wildman–Crippen MR) is 98.6 cm³/mol. The zero-order valence-corrected chi connectivity index (χ0v) is 15.7. The van der Waals surface area contributed by atoms with Crippen LogP contribution < -0.4 is 14.8 Å². The third-order valence-corrected chi connectivity index (χ3v) is 4.50. The number of nitrogens with one attached hydrogen (secondary N) is 1. The Bertz CT molecular complexity index is 793. The van der Waals surface area contributed by atoms with Crippen molar-refractivity contribution in [2.75, 3.05) is 33.9 Å². The molecule has 0 atom stereocenters. The van der Waals surface area contributed by atoms with E-state index in [-0.39, 0.29) is 18.3 Å². The summed E-state index contributed by atoms with van der Waals surface area (Å²) in [4.78, 5) is 14.5. The van der Waals surface area contributed by atoms with Crippen molar-refractivity contribution in [1.82, 2.24) is 20.0 Å². The molecule has 146 valence electrons. The maximum Gasteiger partial charge on any atom is 0.272 e. The molecular weight excluding hydrogens is 351 g/mol. The first-order valence-electron chi connectivity index (χ1n) is 9.09. The monoisotopic (exact) mass is 376 g/mol. The topological polar surface area (TPSA) is 68.6 Å². The van der Waals surface area contributed by atoms with Gasteiger partial charge in [-0.1, -0.05) is 6.07 Å². The molecule has 0 unspecified atom stereocenters. The van der Waals surface area contributed by atoms with Crippen molar-refractivity contribution >= 4 is 5.91 Å². The van der Waals surface area contributed by atoms with Crippen LogP contribution in [0, 0.1) is 5.82 Å². The minimum absolute atomic E-state index is 0.171. The predicted octanol–water partition coefficient (Wildman–Crippen LogP) is 2.07. The molecule has 1 aliphatic rings. The third kappa shape index (κ3) is 4.57. The lowest BCUT2D eigenvalue weighted by Gasteiger charge is -2.20. The van der Waals surface area contributed by atoms with E-state index < -0.39 is 0 Å². The Hall–Kier alpha value is -2.61. The van der Waals surface area contributed by atoms with Crippen molar-refractivity contribution in [1.29, 1.82) is 0 Å². The first-order valence-corrected chi connectivity index (χ1v) is 9.09. The Balaban J connectivity index is 1.68. The van der Waals surface area contributed by atoms with Gasteiger partial charge >= 0.3 is 0 Å². The summed E-state index contributed by atoms with van der Waals surface area (Å²) in [6, 6.07) is 6.43. The van der Waals surface area contributed by atoms with E-state index in [1.165, 1.54) is 13.2 Å². The van der Waals surface area contributed by atoms with Gasteiger partial charge in [-0.15, -0.1) is 5.10 Å². The van der Waals surface area contributed by atoms with Gasteiger partial charge in [0, 0.05) is 37.3 Å². The van der Waals surface area contributed by atoms with Gasteiger partial charge in [0.15, 0.2) is 0 Å². The molecule has 8 heteroatoms. The molecule has 0 spiro atoms. The highest BCUT2D eigenvalue weighted by atomic mass is 19.1. The van der Waals surface area contributed by atoms with E-state index in [0.29, 0.717) is 42.6 Å². The number of ether oxygens (including phenoxy) is 2. The number of methoxy groups -OCH3 is 1. The second-order valence-electron chi connectivity index (χ2n) is 6.43. The van der Waals surface area contributed by atoms with Crippen LogP contribution in [0.3, 0.4) is 0 Å². The molecule has 1 aromatic carbocycles. The molecule has 27 heavy (non-hydrogen) atoms. The molecule has 7 nitrogen and oxygen atoms in total. The number of aryl methyl sites for hydroxylation is 1. The number of carbonyl (C=O) groups is 1. The van der Waals surface area contributed by atoms with Crippen molar-refractivity contribution < 1.29 is 18.7 Å². The molecular formula is C19H25FN4O3. The fraction of sp³-hybridized carbons (Fsp3) is 0.474. The van der Waals surface area contributed by atoms with Gasteiger partial charge in [0.25, 0.3) is 5.91 Å².